The summed E-state index contributed by atoms with van der Waals surface area (Å²) in [6.45, 7) is 4.66. The van der Waals surface area contributed by atoms with Crippen molar-refractivity contribution in [2.75, 3.05) is 40.9 Å². The molecule has 9 heteroatoms. The molecule has 3 unspecified atom stereocenters. The highest BCUT2D eigenvalue weighted by molar-refractivity contribution is 7.47. The lowest BCUT2D eigenvalue weighted by molar-refractivity contribution is -0.870. The summed E-state index contributed by atoms with van der Waals surface area (Å²) in [6, 6.07) is -0.877. The van der Waals surface area contributed by atoms with E-state index < -0.39 is 20.0 Å². The first-order valence-electron chi connectivity index (χ1n) is 27.1. The van der Waals surface area contributed by atoms with Crippen molar-refractivity contribution in [1.29, 1.82) is 0 Å². The number of amides is 1. The van der Waals surface area contributed by atoms with E-state index in [4.69, 9.17) is 9.05 Å². The lowest BCUT2D eigenvalue weighted by Gasteiger charge is -2.25. The zero-order valence-corrected chi connectivity index (χ0v) is 44.8. The van der Waals surface area contributed by atoms with Crippen molar-refractivity contribution in [2.45, 2.75) is 225 Å². The molecule has 3 N–H and O–H groups in total. The third kappa shape index (κ3) is 51.1. The molecule has 0 aliphatic carbocycles. The van der Waals surface area contributed by atoms with Gasteiger partial charge in [-0.1, -0.05) is 214 Å². The summed E-state index contributed by atoms with van der Waals surface area (Å²) in [7, 11) is 1.53. The van der Waals surface area contributed by atoms with E-state index in [9.17, 15) is 19.4 Å². The van der Waals surface area contributed by atoms with Crippen molar-refractivity contribution in [2.24, 2.45) is 0 Å². The van der Waals surface area contributed by atoms with Crippen LogP contribution in [-0.2, 0) is 18.4 Å². The van der Waals surface area contributed by atoms with Gasteiger partial charge in [-0.2, -0.15) is 0 Å². The number of hydrogen-bond donors (Lipinski definition) is 3. The molecule has 0 saturated heterocycles. The Balaban J connectivity index is 4.31. The Morgan fingerprint density at radius 1 is 0.522 bits per heavy atom. The molecule has 0 rings (SSSR count). The minimum absolute atomic E-state index is 0.0485. The van der Waals surface area contributed by atoms with Gasteiger partial charge in [0.05, 0.1) is 39.9 Å². The minimum Gasteiger partial charge on any atom is -0.387 e. The number of rotatable bonds is 48. The van der Waals surface area contributed by atoms with Gasteiger partial charge in [-0.25, -0.2) is 4.57 Å². The van der Waals surface area contributed by atoms with Gasteiger partial charge in [0.2, 0.25) is 5.91 Å². The predicted octanol–water partition coefficient (Wildman–Crippen LogP) is 16.3. The Labute approximate surface area is 413 Å². The fraction of sp³-hybridized carbons (Fsp3) is 0.707. The van der Waals surface area contributed by atoms with Gasteiger partial charge in [-0.05, 0) is 89.9 Å². The third-order valence-electron chi connectivity index (χ3n) is 11.5. The Morgan fingerprint density at radius 2 is 0.910 bits per heavy atom. The molecule has 0 aromatic heterocycles. The molecular weight excluding hydrogens is 852 g/mol. The van der Waals surface area contributed by atoms with Crippen LogP contribution in [0.4, 0.5) is 0 Å². The molecule has 0 bridgehead atoms. The van der Waals surface area contributed by atoms with Crippen molar-refractivity contribution < 1.29 is 32.9 Å². The summed E-state index contributed by atoms with van der Waals surface area (Å²) in [5.74, 6) is -0.198. The molecule has 0 heterocycles. The van der Waals surface area contributed by atoms with E-state index in [0.717, 1.165) is 77.0 Å². The zero-order valence-electron chi connectivity index (χ0n) is 43.9. The lowest BCUT2D eigenvalue weighted by atomic mass is 10.0. The first-order chi connectivity index (χ1) is 32.5. The highest BCUT2D eigenvalue weighted by Gasteiger charge is 2.27. The van der Waals surface area contributed by atoms with Crippen molar-refractivity contribution in [3.05, 3.63) is 97.2 Å². The molecule has 0 aromatic rings. The van der Waals surface area contributed by atoms with E-state index in [1.165, 1.54) is 116 Å². The Hall–Kier alpha value is -2.58. The van der Waals surface area contributed by atoms with Gasteiger partial charge in [0.1, 0.15) is 13.2 Å². The van der Waals surface area contributed by atoms with Gasteiger partial charge in [0.15, 0.2) is 0 Å². The Kier molecular flexibility index (Phi) is 46.6. The number of nitrogens with one attached hydrogen (secondary N) is 1. The van der Waals surface area contributed by atoms with E-state index in [-0.39, 0.29) is 19.1 Å². The van der Waals surface area contributed by atoms with Gasteiger partial charge in [-0.15, -0.1) is 0 Å². The maximum Gasteiger partial charge on any atom is 0.472 e. The molecule has 0 aromatic carbocycles. The lowest BCUT2D eigenvalue weighted by Crippen LogP contribution is -2.45. The Bertz CT molecular complexity index is 1410. The van der Waals surface area contributed by atoms with E-state index in [0.29, 0.717) is 17.4 Å². The minimum atomic E-state index is -4.36. The fourth-order valence-electron chi connectivity index (χ4n) is 7.28. The number of aliphatic hydroxyl groups excluding tert-OH is 1. The smallest absolute Gasteiger partial charge is 0.387 e. The number of quaternary nitrogens is 1. The molecule has 0 aliphatic rings. The number of carbonyl (C=O) groups is 1. The largest absolute Gasteiger partial charge is 0.472 e. The number of phosphoric ester groups is 1. The number of carbonyl (C=O) groups excluding carboxylic acids is 1. The number of likely N-dealkylation sites (N-methyl/N-ethyl adjacent to an activating group) is 1. The van der Waals surface area contributed by atoms with Crippen LogP contribution in [0.1, 0.15) is 213 Å². The molecule has 0 saturated carbocycles. The number of aliphatic hydroxyl groups is 1. The molecule has 0 spiro atoms. The molecule has 67 heavy (non-hydrogen) atoms. The van der Waals surface area contributed by atoms with Crippen LogP contribution in [0.15, 0.2) is 97.2 Å². The number of nitrogens with zero attached hydrogens (tertiary/aromatic N) is 1. The van der Waals surface area contributed by atoms with E-state index in [1.807, 2.05) is 27.2 Å². The second-order valence-corrected chi connectivity index (χ2v) is 20.7. The standard InChI is InChI=1S/C58H103N2O6P/c1-6-8-10-12-14-16-18-20-22-24-26-27-28-29-30-31-32-33-34-36-38-40-42-44-46-48-50-52-58(62)59-56(55-66-67(63,64)65-54-53-60(3,4)5)57(61)51-49-47-45-43-41-39-37-35-25-23-21-19-17-15-13-11-9-7-2/h8,10,14,16,20,22,25-27,29-30,35,41,43,49,51,56-57,61H,6-7,9,11-13,15,17-19,21,23-24,28,31-34,36-40,42,44-48,50,52-55H2,1-5H3,(H-,59,62,63,64)/p+1/b10-8-,16-14-,22-20-,27-26-,30-29-,35-25+,43-41+,51-49+. The Morgan fingerprint density at radius 3 is 1.37 bits per heavy atom. The average Bonchev–Trinajstić information content (AvgIpc) is 3.29. The van der Waals surface area contributed by atoms with Gasteiger partial charge in [0, 0.05) is 6.42 Å². The molecule has 386 valence electrons. The monoisotopic (exact) mass is 956 g/mol. The SMILES string of the molecule is CC/C=C\C/C=C\C/C=C\C/C=C\C/C=C\CCCCCCCCCCCCCC(=O)NC(COP(=O)(O)OCC[N+](C)(C)C)C(O)/C=C/CC/C=C/CC/C=C/CCCCCCCCCC. The third-order valence-corrected chi connectivity index (χ3v) is 12.5. The van der Waals surface area contributed by atoms with Crippen molar-refractivity contribution in [1.82, 2.24) is 5.32 Å². The number of unbranched alkanes of at least 4 members (excludes halogenated alkanes) is 21. The van der Waals surface area contributed by atoms with E-state index in [1.54, 1.807) is 6.08 Å². The predicted molar refractivity (Wildman–Crippen MR) is 290 cm³/mol. The van der Waals surface area contributed by atoms with Crippen molar-refractivity contribution in [3.8, 4) is 0 Å². The summed E-state index contributed by atoms with van der Waals surface area (Å²) in [5, 5.41) is 13.9. The van der Waals surface area contributed by atoms with E-state index >= 15 is 0 Å². The maximum atomic E-state index is 13.0. The molecule has 0 radical (unpaired) electrons. The topological polar surface area (TPSA) is 105 Å². The molecular formula is C58H104N2O6P+. The first-order valence-corrected chi connectivity index (χ1v) is 28.6. The summed E-state index contributed by atoms with van der Waals surface area (Å²) in [6.07, 6.45) is 69.2. The fourth-order valence-corrected chi connectivity index (χ4v) is 8.01. The number of hydrogen-bond acceptors (Lipinski definition) is 5. The van der Waals surface area contributed by atoms with Gasteiger partial charge < -0.3 is 19.8 Å². The summed E-state index contributed by atoms with van der Waals surface area (Å²) >= 11 is 0. The maximum absolute atomic E-state index is 13.0. The number of allylic oxidation sites excluding steroid dienone is 15. The van der Waals surface area contributed by atoms with Gasteiger partial charge in [0.25, 0.3) is 0 Å². The van der Waals surface area contributed by atoms with Crippen LogP contribution in [0.3, 0.4) is 0 Å². The summed E-state index contributed by atoms with van der Waals surface area (Å²) in [5.41, 5.74) is 0. The molecule has 8 nitrogen and oxygen atoms in total. The van der Waals surface area contributed by atoms with Crippen LogP contribution in [0.5, 0.6) is 0 Å². The van der Waals surface area contributed by atoms with Crippen LogP contribution < -0.4 is 5.32 Å². The summed E-state index contributed by atoms with van der Waals surface area (Å²) in [4.78, 5) is 23.3. The highest BCUT2D eigenvalue weighted by Crippen LogP contribution is 2.43. The normalized spacial score (nSPS) is 14.8. The van der Waals surface area contributed by atoms with Crippen molar-refractivity contribution >= 4 is 13.7 Å². The average molecular weight is 956 g/mol. The highest BCUT2D eigenvalue weighted by atomic mass is 31.2. The van der Waals surface area contributed by atoms with Crippen LogP contribution in [0.2, 0.25) is 0 Å². The van der Waals surface area contributed by atoms with Gasteiger partial charge in [-0.3, -0.25) is 13.8 Å². The second kappa shape index (κ2) is 48.4. The summed E-state index contributed by atoms with van der Waals surface area (Å²) < 4.78 is 23.6. The molecule has 3 atom stereocenters. The second-order valence-electron chi connectivity index (χ2n) is 19.2. The van der Waals surface area contributed by atoms with Gasteiger partial charge >= 0.3 is 7.82 Å². The molecule has 0 aliphatic heterocycles. The first kappa shape index (κ1) is 64.4. The molecule has 1 amide bonds. The van der Waals surface area contributed by atoms with Crippen molar-refractivity contribution in [3.63, 3.8) is 0 Å². The van der Waals surface area contributed by atoms with Crippen LogP contribution in [-0.4, -0.2) is 73.4 Å². The number of phosphoric acid groups is 1. The van der Waals surface area contributed by atoms with Crippen LogP contribution in [0, 0.1) is 0 Å². The zero-order chi connectivity index (χ0) is 49.2. The molecule has 0 fully saturated rings. The van der Waals surface area contributed by atoms with E-state index in [2.05, 4.69) is 104 Å². The quantitative estimate of drug-likeness (QED) is 0.0243. The van der Waals surface area contributed by atoms with Crippen LogP contribution in [0.25, 0.3) is 0 Å². The van der Waals surface area contributed by atoms with Crippen LogP contribution >= 0.6 is 7.82 Å².